The molecular formula is C49H50Br2Cl2N3O6S2-. The molecule has 0 bridgehead atoms. The lowest BCUT2D eigenvalue weighted by atomic mass is 9.83. The van der Waals surface area contributed by atoms with Gasteiger partial charge >= 0.3 is 0 Å². The fourth-order valence-corrected chi connectivity index (χ4v) is 11.1. The molecule has 0 unspecified atom stereocenters. The highest BCUT2D eigenvalue weighted by Gasteiger charge is 2.42. The molecule has 7 rings (SSSR count). The van der Waals surface area contributed by atoms with Gasteiger partial charge in [0.05, 0.1) is 20.2 Å². The zero-order valence-corrected chi connectivity index (χ0v) is 42.4. The Kier molecular flexibility index (Phi) is 14.6. The number of hydrogen-bond donors (Lipinski definition) is 0. The molecule has 1 saturated carbocycles. The van der Waals surface area contributed by atoms with Crippen molar-refractivity contribution in [3.8, 4) is 0 Å². The molecule has 338 valence electrons. The van der Waals surface area contributed by atoms with Crippen LogP contribution in [0.4, 0.5) is 22.7 Å². The molecule has 0 spiro atoms. The maximum Gasteiger partial charge on any atom is 0.218 e. The fourth-order valence-electron chi connectivity index (χ4n) is 9.15. The molecule has 4 aromatic carbocycles. The molecular weight excluding hydrogens is 1020 g/mol. The maximum absolute atomic E-state index is 11.5. The van der Waals surface area contributed by atoms with Crippen LogP contribution in [0.25, 0.3) is 0 Å². The Bertz CT molecular complexity index is 2650. The summed E-state index contributed by atoms with van der Waals surface area (Å²) in [5, 5.41) is 1.26. The summed E-state index contributed by atoms with van der Waals surface area (Å²) in [5.74, 6) is -0.820. The van der Waals surface area contributed by atoms with Crippen molar-refractivity contribution >= 4 is 104 Å². The van der Waals surface area contributed by atoms with E-state index in [0.717, 1.165) is 83.9 Å². The summed E-state index contributed by atoms with van der Waals surface area (Å²) in [7, 11) is -8.66. The fraction of sp³-hybridized carbons (Fsp3) is 0.327. The van der Waals surface area contributed by atoms with Gasteiger partial charge in [0.15, 0.2) is 0 Å². The predicted molar refractivity (Wildman–Crippen MR) is 268 cm³/mol. The van der Waals surface area contributed by atoms with Crippen LogP contribution < -0.4 is 14.4 Å². The van der Waals surface area contributed by atoms with E-state index in [1.165, 1.54) is 0 Å². The van der Waals surface area contributed by atoms with Crippen LogP contribution in [0.1, 0.15) is 77.3 Å². The molecule has 9 nitrogen and oxygen atoms in total. The molecule has 0 radical (unpaired) electrons. The van der Waals surface area contributed by atoms with Gasteiger partial charge < -0.3 is 18.9 Å². The Morgan fingerprint density at radius 3 is 1.33 bits per heavy atom. The van der Waals surface area contributed by atoms with Gasteiger partial charge in [-0.1, -0.05) is 94.9 Å². The van der Waals surface area contributed by atoms with E-state index in [1.54, 1.807) is 0 Å². The monoisotopic (exact) mass is 1070 g/mol. The minimum absolute atomic E-state index is 0.255. The third-order valence-corrected chi connectivity index (χ3v) is 15.4. The van der Waals surface area contributed by atoms with Crippen LogP contribution in [0.5, 0.6) is 0 Å². The lowest BCUT2D eigenvalue weighted by molar-refractivity contribution is 0.458. The van der Waals surface area contributed by atoms with Crippen molar-refractivity contribution in [1.82, 2.24) is 4.58 Å². The average Bonchev–Trinajstić information content (AvgIpc) is 3.77. The van der Waals surface area contributed by atoms with Crippen LogP contribution in [-0.4, -0.2) is 56.2 Å². The van der Waals surface area contributed by atoms with Gasteiger partial charge in [-0.25, -0.2) is 16.8 Å². The average molecular weight is 1070 g/mol. The van der Waals surface area contributed by atoms with Gasteiger partial charge in [0, 0.05) is 113 Å². The molecule has 0 N–H and O–H groups in total. The molecule has 1 fully saturated rings. The molecule has 1 aliphatic carbocycles. The van der Waals surface area contributed by atoms with Gasteiger partial charge in [-0.3, -0.25) is 0 Å². The first-order valence-electron chi connectivity index (χ1n) is 21.2. The molecule has 0 aromatic heterocycles. The molecule has 0 saturated heterocycles. The van der Waals surface area contributed by atoms with E-state index in [-0.39, 0.29) is 12.8 Å². The van der Waals surface area contributed by atoms with Crippen LogP contribution in [0.15, 0.2) is 141 Å². The Hall–Kier alpha value is -3.53. The van der Waals surface area contributed by atoms with Gasteiger partial charge in [0.25, 0.3) is 0 Å². The topological polar surface area (TPSA) is 124 Å². The van der Waals surface area contributed by atoms with E-state index in [0.29, 0.717) is 36.0 Å². The minimum atomic E-state index is -4.33. The lowest BCUT2D eigenvalue weighted by Gasteiger charge is -2.27. The number of nitrogens with zero attached hydrogens (tertiary/aromatic N) is 3. The maximum atomic E-state index is 11.5. The van der Waals surface area contributed by atoms with Gasteiger partial charge in [0.1, 0.15) is 0 Å². The van der Waals surface area contributed by atoms with Crippen LogP contribution in [-0.2, 0) is 31.1 Å². The highest BCUT2D eigenvalue weighted by atomic mass is 79.9. The van der Waals surface area contributed by atoms with Gasteiger partial charge in [-0.2, -0.15) is 4.58 Å². The Morgan fingerprint density at radius 1 is 0.594 bits per heavy atom. The quantitative estimate of drug-likeness (QED) is 0.0695. The lowest BCUT2D eigenvalue weighted by Crippen LogP contribution is -2.27. The van der Waals surface area contributed by atoms with Gasteiger partial charge in [-0.15, -0.1) is 0 Å². The van der Waals surface area contributed by atoms with E-state index in [1.807, 2.05) is 60.7 Å². The van der Waals surface area contributed by atoms with E-state index >= 15 is 0 Å². The van der Waals surface area contributed by atoms with E-state index in [2.05, 4.69) is 122 Å². The molecule has 4 aromatic rings. The predicted octanol–water partition coefficient (Wildman–Crippen LogP) is 12.5. The normalized spacial score (nSPS) is 19.4. The SMILES string of the molecule is CC1(C)/C(=C\C=C2/CC/C(=C\C=C3\N(CCCCS(=O)(=O)[O-])c4ccc(Cl)cc4C3(C)C)C2=[N+](c2ccc(Br)cc2)c2ccc(Br)cc2)N(CCCCS(=O)(=O)[O-])c2ccc(Cl)cc21. The van der Waals surface area contributed by atoms with E-state index in [9.17, 15) is 25.9 Å². The number of benzene rings is 4. The highest BCUT2D eigenvalue weighted by Crippen LogP contribution is 2.50. The summed E-state index contributed by atoms with van der Waals surface area (Å²) in [4.78, 5) is 4.45. The van der Waals surface area contributed by atoms with E-state index in [4.69, 9.17) is 23.2 Å². The minimum Gasteiger partial charge on any atom is -0.748 e. The highest BCUT2D eigenvalue weighted by molar-refractivity contribution is 9.10. The molecule has 64 heavy (non-hydrogen) atoms. The summed E-state index contributed by atoms with van der Waals surface area (Å²) in [6.45, 7) is 9.72. The molecule has 3 aliphatic rings. The van der Waals surface area contributed by atoms with Crippen molar-refractivity contribution in [3.63, 3.8) is 0 Å². The zero-order chi connectivity index (χ0) is 46.2. The number of unbranched alkanes of at least 4 members (excludes halogenated alkanes) is 2. The summed E-state index contributed by atoms with van der Waals surface area (Å²) in [6.07, 6.45) is 11.8. The standard InChI is InChI=1S/C49H51Br2Cl2N3O6S2/c1-48(2)41-31-37(52)17-23-43(41)54(27-5-7-29-63(57,58)59)45(48)25-11-33-9-10-34(47(33)56(39-19-13-35(50)14-20-39)40-21-15-36(51)16-22-40)12-26-46-49(3,4)42-32-38(53)18-24-44(42)55(46)28-6-8-30-64(60,61)62/h11-26,31-32H,5-10,27-30H2,1-4H3,(H-,57,58,59,60,61,62)/p-1. The first kappa shape index (κ1) is 48.4. The number of fused-ring (bicyclic) bond motifs is 2. The van der Waals surface area contributed by atoms with E-state index < -0.39 is 42.6 Å². The Balaban J connectivity index is 1.39. The number of rotatable bonds is 14. The second-order valence-electron chi connectivity index (χ2n) is 17.4. The second-order valence-corrected chi connectivity index (χ2v) is 23.2. The number of anilines is 2. The zero-order valence-electron chi connectivity index (χ0n) is 36.1. The second kappa shape index (κ2) is 19.4. The summed E-state index contributed by atoms with van der Waals surface area (Å²) in [6, 6.07) is 28.3. The molecule has 15 heteroatoms. The van der Waals surface area contributed by atoms with Crippen molar-refractivity contribution in [2.24, 2.45) is 0 Å². The van der Waals surface area contributed by atoms with Crippen LogP contribution in [0.2, 0.25) is 10.0 Å². The van der Waals surface area contributed by atoms with Crippen molar-refractivity contribution in [1.29, 1.82) is 0 Å². The Labute approximate surface area is 404 Å². The van der Waals surface area contributed by atoms with Crippen molar-refractivity contribution in [2.45, 2.75) is 77.0 Å². The molecule has 2 heterocycles. The number of hydrogen-bond acceptors (Lipinski definition) is 8. The van der Waals surface area contributed by atoms with Crippen LogP contribution in [0.3, 0.4) is 0 Å². The van der Waals surface area contributed by atoms with Crippen LogP contribution in [0, 0.1) is 0 Å². The van der Waals surface area contributed by atoms with Crippen LogP contribution >= 0.6 is 55.1 Å². The third-order valence-electron chi connectivity index (χ3n) is 12.3. The molecule has 0 amide bonds. The van der Waals surface area contributed by atoms with Gasteiger partial charge in [-0.05, 0) is 122 Å². The Morgan fingerprint density at radius 2 is 0.969 bits per heavy atom. The first-order chi connectivity index (χ1) is 30.1. The van der Waals surface area contributed by atoms with Crippen molar-refractivity contribution in [3.05, 3.63) is 162 Å². The largest absolute Gasteiger partial charge is 0.748 e. The first-order valence-corrected chi connectivity index (χ1v) is 26.7. The molecule has 2 aliphatic heterocycles. The summed E-state index contributed by atoms with van der Waals surface area (Å²) in [5.41, 5.74) is 10.5. The number of halogens is 4. The van der Waals surface area contributed by atoms with Crippen molar-refractivity contribution < 1.29 is 25.9 Å². The van der Waals surface area contributed by atoms with Crippen molar-refractivity contribution in [2.75, 3.05) is 34.4 Å². The third kappa shape index (κ3) is 10.8. The molecule has 0 atom stereocenters. The summed E-state index contributed by atoms with van der Waals surface area (Å²) >= 11 is 20.4. The van der Waals surface area contributed by atoms with Gasteiger partial charge in [0.2, 0.25) is 17.1 Å². The summed E-state index contributed by atoms with van der Waals surface area (Å²) < 4.78 is 73.1. The number of allylic oxidation sites excluding steroid dienone is 8. The smallest absolute Gasteiger partial charge is 0.218 e.